The zero-order chi connectivity index (χ0) is 12.6. The van der Waals surface area contributed by atoms with Crippen molar-refractivity contribution < 1.29 is 4.74 Å². The smallest absolute Gasteiger partial charge is 0.0703 e. The first-order valence-electron chi connectivity index (χ1n) is 7.12. The molecule has 2 unspecified atom stereocenters. The summed E-state index contributed by atoms with van der Waals surface area (Å²) in [6, 6.07) is 0.559. The van der Waals surface area contributed by atoms with E-state index in [2.05, 4.69) is 16.0 Å². The third-order valence-corrected chi connectivity index (χ3v) is 4.50. The predicted octanol–water partition coefficient (Wildman–Crippen LogP) is 2.57. The fourth-order valence-electron chi connectivity index (χ4n) is 3.38. The van der Waals surface area contributed by atoms with Crippen molar-refractivity contribution in [3.05, 3.63) is 18.0 Å². The van der Waals surface area contributed by atoms with Crippen LogP contribution in [0.1, 0.15) is 63.1 Å². The summed E-state index contributed by atoms with van der Waals surface area (Å²) in [6.45, 7) is 2.88. The molecule has 1 saturated heterocycles. The molecule has 2 heterocycles. The number of nitrogens with two attached hydrogens (primary N) is 1. The van der Waals surface area contributed by atoms with E-state index in [9.17, 15) is 0 Å². The lowest BCUT2D eigenvalue weighted by Crippen LogP contribution is -2.38. The van der Waals surface area contributed by atoms with E-state index in [0.29, 0.717) is 6.04 Å². The third-order valence-electron chi connectivity index (χ3n) is 4.50. The normalized spacial score (nSPS) is 28.7. The van der Waals surface area contributed by atoms with Crippen LogP contribution < -0.4 is 5.73 Å². The molecular formula is C14H23N3O. The van der Waals surface area contributed by atoms with E-state index in [0.717, 1.165) is 25.0 Å². The lowest BCUT2D eigenvalue weighted by molar-refractivity contribution is -0.0910. The van der Waals surface area contributed by atoms with E-state index in [1.54, 1.807) is 0 Å². The van der Waals surface area contributed by atoms with Crippen LogP contribution >= 0.6 is 0 Å². The minimum Gasteiger partial charge on any atom is -0.375 e. The van der Waals surface area contributed by atoms with Gasteiger partial charge >= 0.3 is 0 Å². The Bertz CT molecular complexity index is 407. The first-order chi connectivity index (χ1) is 8.69. The highest BCUT2D eigenvalue weighted by Crippen LogP contribution is 2.43. The molecule has 4 nitrogen and oxygen atoms in total. The summed E-state index contributed by atoms with van der Waals surface area (Å²) < 4.78 is 8.18. The molecule has 1 aliphatic carbocycles. The largest absolute Gasteiger partial charge is 0.375 e. The summed E-state index contributed by atoms with van der Waals surface area (Å²) >= 11 is 0. The molecule has 0 radical (unpaired) electrons. The molecule has 2 aliphatic rings. The van der Waals surface area contributed by atoms with Crippen LogP contribution in [-0.2, 0) is 4.74 Å². The maximum Gasteiger partial charge on any atom is 0.0703 e. The zero-order valence-corrected chi connectivity index (χ0v) is 11.1. The van der Waals surface area contributed by atoms with Crippen LogP contribution in [0.15, 0.2) is 12.4 Å². The average molecular weight is 249 g/mol. The lowest BCUT2D eigenvalue weighted by atomic mass is 9.89. The van der Waals surface area contributed by atoms with E-state index < -0.39 is 0 Å². The zero-order valence-electron chi connectivity index (χ0n) is 11.1. The van der Waals surface area contributed by atoms with E-state index in [1.807, 2.05) is 13.1 Å². The molecule has 0 bridgehead atoms. The maximum atomic E-state index is 6.07. The Kier molecular flexibility index (Phi) is 3.16. The van der Waals surface area contributed by atoms with Crippen molar-refractivity contribution >= 4 is 0 Å². The van der Waals surface area contributed by atoms with Gasteiger partial charge in [0.25, 0.3) is 0 Å². The second kappa shape index (κ2) is 4.67. The van der Waals surface area contributed by atoms with Crippen molar-refractivity contribution in [3.63, 3.8) is 0 Å². The molecule has 3 rings (SSSR count). The standard InChI is InChI=1S/C14H23N3O/c1-11(15)12-9-16-17(10-12)13-4-7-18-14(8-13)5-2-3-6-14/h9-11,13H,2-8,15H2,1H3. The molecule has 0 aromatic carbocycles. The van der Waals surface area contributed by atoms with Gasteiger partial charge in [-0.25, -0.2) is 0 Å². The SMILES string of the molecule is CC(N)c1cnn(C2CCOC3(CCCC3)C2)c1. The van der Waals surface area contributed by atoms with Gasteiger partial charge < -0.3 is 10.5 Å². The fraction of sp³-hybridized carbons (Fsp3) is 0.786. The Morgan fingerprint density at radius 1 is 1.50 bits per heavy atom. The van der Waals surface area contributed by atoms with Crippen LogP contribution in [0.3, 0.4) is 0 Å². The maximum absolute atomic E-state index is 6.07. The van der Waals surface area contributed by atoms with Gasteiger partial charge in [0.05, 0.1) is 17.8 Å². The van der Waals surface area contributed by atoms with Gasteiger partial charge in [-0.1, -0.05) is 12.8 Å². The monoisotopic (exact) mass is 249 g/mol. The van der Waals surface area contributed by atoms with Gasteiger partial charge in [-0.2, -0.15) is 5.10 Å². The lowest BCUT2D eigenvalue weighted by Gasteiger charge is -2.38. The molecule has 2 fully saturated rings. The van der Waals surface area contributed by atoms with Crippen molar-refractivity contribution in [1.82, 2.24) is 9.78 Å². The van der Waals surface area contributed by atoms with E-state index in [1.165, 1.54) is 25.7 Å². The van der Waals surface area contributed by atoms with Crippen molar-refractivity contribution in [2.24, 2.45) is 5.73 Å². The molecule has 2 atom stereocenters. The Morgan fingerprint density at radius 2 is 2.28 bits per heavy atom. The Hall–Kier alpha value is -0.870. The Labute approximate surface area is 108 Å². The van der Waals surface area contributed by atoms with Gasteiger partial charge in [0.2, 0.25) is 0 Å². The highest BCUT2D eigenvalue weighted by Gasteiger charge is 2.40. The van der Waals surface area contributed by atoms with Crippen LogP contribution in [0.4, 0.5) is 0 Å². The summed E-state index contributed by atoms with van der Waals surface area (Å²) in [5, 5.41) is 4.50. The van der Waals surface area contributed by atoms with Crippen LogP contribution in [0.5, 0.6) is 0 Å². The number of hydrogen-bond donors (Lipinski definition) is 1. The van der Waals surface area contributed by atoms with E-state index in [-0.39, 0.29) is 11.6 Å². The van der Waals surface area contributed by atoms with Gasteiger partial charge in [-0.3, -0.25) is 4.68 Å². The van der Waals surface area contributed by atoms with Crippen LogP contribution in [0.25, 0.3) is 0 Å². The van der Waals surface area contributed by atoms with Gasteiger partial charge in [-0.05, 0) is 32.6 Å². The molecule has 1 aliphatic heterocycles. The second-order valence-electron chi connectivity index (χ2n) is 5.93. The number of ether oxygens (including phenoxy) is 1. The molecule has 1 spiro atoms. The molecule has 1 saturated carbocycles. The molecule has 1 aromatic heterocycles. The van der Waals surface area contributed by atoms with Gasteiger partial charge in [0.15, 0.2) is 0 Å². The molecule has 1 aromatic rings. The van der Waals surface area contributed by atoms with E-state index in [4.69, 9.17) is 10.5 Å². The number of nitrogens with zero attached hydrogens (tertiary/aromatic N) is 2. The molecule has 4 heteroatoms. The van der Waals surface area contributed by atoms with Gasteiger partial charge in [0.1, 0.15) is 0 Å². The highest BCUT2D eigenvalue weighted by molar-refractivity contribution is 5.09. The van der Waals surface area contributed by atoms with Crippen LogP contribution in [-0.4, -0.2) is 22.0 Å². The fourth-order valence-corrected chi connectivity index (χ4v) is 3.38. The molecule has 100 valence electrons. The topological polar surface area (TPSA) is 53.1 Å². The number of rotatable bonds is 2. The van der Waals surface area contributed by atoms with Crippen molar-refractivity contribution in [2.45, 2.75) is 63.1 Å². The molecule has 0 amide bonds. The second-order valence-corrected chi connectivity index (χ2v) is 5.93. The van der Waals surface area contributed by atoms with Crippen LogP contribution in [0.2, 0.25) is 0 Å². The number of hydrogen-bond acceptors (Lipinski definition) is 3. The predicted molar refractivity (Wildman–Crippen MR) is 70.3 cm³/mol. The summed E-state index contributed by atoms with van der Waals surface area (Å²) in [4.78, 5) is 0. The van der Waals surface area contributed by atoms with Crippen molar-refractivity contribution in [2.75, 3.05) is 6.61 Å². The quantitative estimate of drug-likeness (QED) is 0.876. The van der Waals surface area contributed by atoms with Crippen molar-refractivity contribution in [1.29, 1.82) is 0 Å². The van der Waals surface area contributed by atoms with Crippen LogP contribution in [0, 0.1) is 0 Å². The third kappa shape index (κ3) is 2.19. The molecule has 18 heavy (non-hydrogen) atoms. The molecule has 2 N–H and O–H groups in total. The van der Waals surface area contributed by atoms with Crippen molar-refractivity contribution in [3.8, 4) is 0 Å². The first-order valence-corrected chi connectivity index (χ1v) is 7.12. The molecular weight excluding hydrogens is 226 g/mol. The minimum atomic E-state index is 0.0685. The van der Waals surface area contributed by atoms with Gasteiger partial charge in [0, 0.05) is 24.4 Å². The average Bonchev–Trinajstić information content (AvgIpc) is 2.98. The number of aromatic nitrogens is 2. The summed E-state index contributed by atoms with van der Waals surface area (Å²) in [7, 11) is 0. The van der Waals surface area contributed by atoms with E-state index >= 15 is 0 Å². The first kappa shape index (κ1) is 12.2. The minimum absolute atomic E-state index is 0.0685. The summed E-state index contributed by atoms with van der Waals surface area (Å²) in [5.41, 5.74) is 7.18. The van der Waals surface area contributed by atoms with Gasteiger partial charge in [-0.15, -0.1) is 0 Å². The Balaban J connectivity index is 1.75. The Morgan fingerprint density at radius 3 is 2.94 bits per heavy atom. The summed E-state index contributed by atoms with van der Waals surface area (Å²) in [5.74, 6) is 0. The summed E-state index contributed by atoms with van der Waals surface area (Å²) in [6.07, 6.45) is 11.3. The highest BCUT2D eigenvalue weighted by atomic mass is 16.5.